The van der Waals surface area contributed by atoms with Crippen LogP contribution < -0.4 is 9.47 Å². The van der Waals surface area contributed by atoms with Gasteiger partial charge in [-0.25, -0.2) is 8.78 Å². The van der Waals surface area contributed by atoms with E-state index in [1.807, 2.05) is 6.07 Å². The highest BCUT2D eigenvalue weighted by Crippen LogP contribution is 2.41. The maximum Gasteiger partial charge on any atom is 0.166 e. The third-order valence-corrected chi connectivity index (χ3v) is 6.71. The number of benzene rings is 2. The second-order valence-corrected chi connectivity index (χ2v) is 8.70. The quantitative estimate of drug-likeness (QED) is 0.643. The topological polar surface area (TPSA) is 38.8 Å². The lowest BCUT2D eigenvalue weighted by Crippen LogP contribution is -2.43. The Bertz CT molecular complexity index is 937. The fraction of sp³-hybridized carbons (Fsp3) is 0.480. The Hall–Kier alpha value is -2.47. The molecule has 2 aromatic rings. The second-order valence-electron chi connectivity index (χ2n) is 8.70. The largest absolute Gasteiger partial charge is 0.493 e. The van der Waals surface area contributed by atoms with E-state index in [0.717, 1.165) is 24.1 Å². The first kappa shape index (κ1) is 21.8. The Morgan fingerprint density at radius 2 is 1.71 bits per heavy atom. The number of carbonyl (C=O) groups is 1. The van der Waals surface area contributed by atoms with Crippen LogP contribution in [0.25, 0.3) is 0 Å². The molecule has 2 aliphatic rings. The number of likely N-dealkylation sites (tertiary alicyclic amines) is 1. The van der Waals surface area contributed by atoms with E-state index < -0.39 is 5.67 Å². The lowest BCUT2D eigenvalue weighted by molar-refractivity contribution is 0.0364. The summed E-state index contributed by atoms with van der Waals surface area (Å²) in [4.78, 5) is 15.2. The molecule has 1 aliphatic carbocycles. The van der Waals surface area contributed by atoms with Crippen molar-refractivity contribution in [1.29, 1.82) is 0 Å². The minimum absolute atomic E-state index is 0.00622. The number of nitrogens with zero attached hydrogens (tertiary/aromatic N) is 1. The fourth-order valence-electron chi connectivity index (χ4n) is 4.82. The SMILES string of the molecule is COc1cc2c(cc1OC)C(=O)C(CC1(F)CCN(CCc3ccc(F)cc3)CC1)C2. The normalized spacial score (nSPS) is 20.5. The molecule has 6 heteroatoms. The molecule has 166 valence electrons. The molecule has 0 N–H and O–H groups in total. The molecule has 1 saturated heterocycles. The van der Waals surface area contributed by atoms with E-state index in [-0.39, 0.29) is 23.9 Å². The summed E-state index contributed by atoms with van der Waals surface area (Å²) in [5.74, 6) is 0.567. The summed E-state index contributed by atoms with van der Waals surface area (Å²) in [6.45, 7) is 2.18. The summed E-state index contributed by atoms with van der Waals surface area (Å²) < 4.78 is 39.3. The molecule has 0 bridgehead atoms. The van der Waals surface area contributed by atoms with Gasteiger partial charge in [0.15, 0.2) is 17.3 Å². The van der Waals surface area contributed by atoms with E-state index in [9.17, 15) is 9.18 Å². The zero-order valence-electron chi connectivity index (χ0n) is 18.1. The number of hydrogen-bond acceptors (Lipinski definition) is 4. The molecule has 0 saturated carbocycles. The summed E-state index contributed by atoms with van der Waals surface area (Å²) in [7, 11) is 3.11. The van der Waals surface area contributed by atoms with Crippen LogP contribution in [-0.4, -0.2) is 50.2 Å². The van der Waals surface area contributed by atoms with Crippen molar-refractivity contribution in [2.24, 2.45) is 5.92 Å². The van der Waals surface area contributed by atoms with Gasteiger partial charge in [0.05, 0.1) is 14.2 Å². The summed E-state index contributed by atoms with van der Waals surface area (Å²) >= 11 is 0. The van der Waals surface area contributed by atoms with E-state index in [2.05, 4.69) is 4.90 Å². The van der Waals surface area contributed by atoms with Gasteiger partial charge in [-0.3, -0.25) is 4.79 Å². The maximum absolute atomic E-state index is 15.6. The molecule has 4 nitrogen and oxygen atoms in total. The number of ketones is 1. The van der Waals surface area contributed by atoms with Gasteiger partial charge in [0.1, 0.15) is 11.5 Å². The molecule has 1 unspecified atom stereocenters. The molecule has 31 heavy (non-hydrogen) atoms. The molecular formula is C25H29F2NO3. The maximum atomic E-state index is 15.6. The van der Waals surface area contributed by atoms with E-state index in [0.29, 0.717) is 49.4 Å². The lowest BCUT2D eigenvalue weighted by Gasteiger charge is -2.37. The standard InChI is InChI=1S/C25H29F2NO3/c1-30-22-14-18-13-19(24(29)21(18)15-23(22)31-2)16-25(27)8-11-28(12-9-25)10-7-17-3-5-20(26)6-4-17/h3-6,14-15,19H,7-13,16H2,1-2H3. The van der Waals surface area contributed by atoms with E-state index >= 15 is 4.39 Å². The van der Waals surface area contributed by atoms with Crippen molar-refractivity contribution < 1.29 is 23.0 Å². The lowest BCUT2D eigenvalue weighted by atomic mass is 9.82. The smallest absolute Gasteiger partial charge is 0.166 e. The third-order valence-electron chi connectivity index (χ3n) is 6.71. The van der Waals surface area contributed by atoms with Gasteiger partial charge in [0.25, 0.3) is 0 Å². The van der Waals surface area contributed by atoms with Gasteiger partial charge in [0.2, 0.25) is 0 Å². The van der Waals surface area contributed by atoms with Crippen LogP contribution >= 0.6 is 0 Å². The van der Waals surface area contributed by atoms with Gasteiger partial charge in [0, 0.05) is 31.1 Å². The number of alkyl halides is 1. The highest BCUT2D eigenvalue weighted by Gasteiger charge is 2.41. The van der Waals surface area contributed by atoms with Crippen LogP contribution in [0.2, 0.25) is 0 Å². The predicted molar refractivity (Wildman–Crippen MR) is 115 cm³/mol. The molecule has 1 aliphatic heterocycles. The molecule has 0 radical (unpaired) electrons. The Balaban J connectivity index is 1.32. The number of Topliss-reactive ketones (excluding diaryl/α,β-unsaturated/α-hetero) is 1. The number of hydrogen-bond donors (Lipinski definition) is 0. The van der Waals surface area contributed by atoms with Crippen molar-refractivity contribution in [2.45, 2.75) is 37.8 Å². The number of ether oxygens (including phenoxy) is 2. The van der Waals surface area contributed by atoms with Gasteiger partial charge in [-0.1, -0.05) is 12.1 Å². The zero-order valence-corrected chi connectivity index (χ0v) is 18.1. The second kappa shape index (κ2) is 8.95. The van der Waals surface area contributed by atoms with Crippen LogP contribution in [0.4, 0.5) is 8.78 Å². The first-order chi connectivity index (χ1) is 14.9. The van der Waals surface area contributed by atoms with Gasteiger partial charge in [-0.15, -0.1) is 0 Å². The molecule has 4 rings (SSSR count). The van der Waals surface area contributed by atoms with Crippen LogP contribution in [0.3, 0.4) is 0 Å². The molecule has 2 aromatic carbocycles. The predicted octanol–water partition coefficient (Wildman–Crippen LogP) is 4.63. The van der Waals surface area contributed by atoms with Crippen molar-refractivity contribution in [3.63, 3.8) is 0 Å². The Labute approximate surface area is 182 Å². The van der Waals surface area contributed by atoms with Gasteiger partial charge in [-0.2, -0.15) is 0 Å². The molecule has 0 aromatic heterocycles. The highest BCUT2D eigenvalue weighted by atomic mass is 19.1. The zero-order chi connectivity index (χ0) is 22.0. The average Bonchev–Trinajstić information content (AvgIpc) is 3.07. The van der Waals surface area contributed by atoms with Gasteiger partial charge >= 0.3 is 0 Å². The van der Waals surface area contributed by atoms with E-state index in [1.54, 1.807) is 32.4 Å². The number of methoxy groups -OCH3 is 2. The molecular weight excluding hydrogens is 400 g/mol. The van der Waals surface area contributed by atoms with Crippen molar-refractivity contribution >= 4 is 5.78 Å². The van der Waals surface area contributed by atoms with E-state index in [1.165, 1.54) is 12.1 Å². The number of carbonyl (C=O) groups excluding carboxylic acids is 1. The summed E-state index contributed by atoms with van der Waals surface area (Å²) in [6, 6.07) is 10.1. The summed E-state index contributed by atoms with van der Waals surface area (Å²) in [5.41, 5.74) is 1.30. The van der Waals surface area contributed by atoms with Crippen LogP contribution in [0.5, 0.6) is 11.5 Å². The number of halogens is 2. The van der Waals surface area contributed by atoms with Gasteiger partial charge < -0.3 is 14.4 Å². The van der Waals surface area contributed by atoms with Crippen LogP contribution in [0.1, 0.15) is 40.7 Å². The Kier molecular flexibility index (Phi) is 6.28. The number of fused-ring (bicyclic) bond motifs is 1. The van der Waals surface area contributed by atoms with Crippen molar-refractivity contribution in [1.82, 2.24) is 4.90 Å². The van der Waals surface area contributed by atoms with Crippen LogP contribution in [-0.2, 0) is 12.8 Å². The van der Waals surface area contributed by atoms with E-state index in [4.69, 9.17) is 9.47 Å². The third kappa shape index (κ3) is 4.74. The molecule has 0 spiro atoms. The highest BCUT2D eigenvalue weighted by molar-refractivity contribution is 6.03. The van der Waals surface area contributed by atoms with Crippen molar-refractivity contribution in [3.8, 4) is 11.5 Å². The minimum Gasteiger partial charge on any atom is -0.493 e. The monoisotopic (exact) mass is 429 g/mol. The first-order valence-corrected chi connectivity index (χ1v) is 10.9. The van der Waals surface area contributed by atoms with Crippen LogP contribution in [0, 0.1) is 11.7 Å². The molecule has 1 atom stereocenters. The fourth-order valence-corrected chi connectivity index (χ4v) is 4.82. The number of piperidine rings is 1. The summed E-state index contributed by atoms with van der Waals surface area (Å²) in [5, 5.41) is 0. The molecule has 0 amide bonds. The Morgan fingerprint density at radius 3 is 2.35 bits per heavy atom. The molecule has 1 heterocycles. The Morgan fingerprint density at radius 1 is 1.06 bits per heavy atom. The van der Waals surface area contributed by atoms with Crippen molar-refractivity contribution in [2.75, 3.05) is 33.9 Å². The number of rotatable bonds is 7. The summed E-state index contributed by atoms with van der Waals surface area (Å²) in [6.07, 6.45) is 2.50. The van der Waals surface area contributed by atoms with Crippen LogP contribution in [0.15, 0.2) is 36.4 Å². The van der Waals surface area contributed by atoms with Gasteiger partial charge in [-0.05, 0) is 67.5 Å². The van der Waals surface area contributed by atoms with Crippen molar-refractivity contribution in [3.05, 3.63) is 58.9 Å². The first-order valence-electron chi connectivity index (χ1n) is 10.9. The average molecular weight is 430 g/mol. The minimum atomic E-state index is -1.32. The molecule has 1 fully saturated rings.